The van der Waals surface area contributed by atoms with Crippen LogP contribution in [0.4, 0.5) is 0 Å². The molecule has 0 aliphatic rings. The average Bonchev–Trinajstić information content (AvgIpc) is 2.30. The zero-order chi connectivity index (χ0) is 9.80. The van der Waals surface area contributed by atoms with Gasteiger partial charge in [-0.2, -0.15) is 0 Å². The SMILES string of the molecule is [Se]=[Se](c1cccnc1)c1cccnc1. The fourth-order valence-corrected chi connectivity index (χ4v) is 5.28. The van der Waals surface area contributed by atoms with E-state index < -0.39 is 11.5 Å². The summed E-state index contributed by atoms with van der Waals surface area (Å²) in [6.45, 7) is 0. The monoisotopic (exact) mass is 316 g/mol. The number of pyridine rings is 2. The number of rotatable bonds is 2. The Morgan fingerprint density at radius 2 is 1.43 bits per heavy atom. The first-order valence-electron chi connectivity index (χ1n) is 4.10. The molecule has 0 atom stereocenters. The first-order valence-corrected chi connectivity index (χ1v) is 10.1. The van der Waals surface area contributed by atoms with Gasteiger partial charge in [-0.15, -0.1) is 0 Å². The second kappa shape index (κ2) is 4.72. The molecule has 0 amide bonds. The Kier molecular flexibility index (Phi) is 3.33. The van der Waals surface area contributed by atoms with Gasteiger partial charge in [0, 0.05) is 0 Å². The van der Waals surface area contributed by atoms with Crippen LogP contribution in [0.3, 0.4) is 0 Å². The second-order valence-corrected chi connectivity index (χ2v) is 9.39. The normalized spacial score (nSPS) is 10.4. The fourth-order valence-electron chi connectivity index (χ4n) is 1.05. The first kappa shape index (κ1) is 9.88. The molecular formula is C10H8N2Se2. The molecule has 0 unspecified atom stereocenters. The van der Waals surface area contributed by atoms with E-state index in [1.807, 2.05) is 24.5 Å². The van der Waals surface area contributed by atoms with Crippen LogP contribution in [0.5, 0.6) is 0 Å². The Labute approximate surface area is 93.0 Å². The van der Waals surface area contributed by atoms with E-state index in [1.54, 1.807) is 12.4 Å². The van der Waals surface area contributed by atoms with E-state index in [1.165, 1.54) is 8.92 Å². The van der Waals surface area contributed by atoms with E-state index in [9.17, 15) is 0 Å². The summed E-state index contributed by atoms with van der Waals surface area (Å²) in [6, 6.07) is 8.17. The van der Waals surface area contributed by atoms with Crippen LogP contribution in [0.25, 0.3) is 0 Å². The van der Waals surface area contributed by atoms with Crippen molar-refractivity contribution in [2.24, 2.45) is 0 Å². The van der Waals surface area contributed by atoms with Gasteiger partial charge in [0.05, 0.1) is 0 Å². The molecule has 2 aromatic heterocycles. The van der Waals surface area contributed by atoms with Crippen LogP contribution in [0.2, 0.25) is 0 Å². The summed E-state index contributed by atoms with van der Waals surface area (Å²) in [4.78, 5) is 8.24. The number of hydrogen-bond acceptors (Lipinski definition) is 2. The minimum absolute atomic E-state index is 1.03. The third kappa shape index (κ3) is 2.23. The van der Waals surface area contributed by atoms with Crippen molar-refractivity contribution in [2.45, 2.75) is 0 Å². The van der Waals surface area contributed by atoms with Crippen molar-refractivity contribution in [1.82, 2.24) is 9.97 Å². The molecule has 0 aromatic carbocycles. The van der Waals surface area contributed by atoms with E-state index in [0.29, 0.717) is 0 Å². The Hall–Kier alpha value is -0.661. The minimum atomic E-state index is -1.03. The molecule has 0 spiro atoms. The molecule has 0 N–H and O–H groups in total. The summed E-state index contributed by atoms with van der Waals surface area (Å²) in [7, 11) is 0. The zero-order valence-corrected chi connectivity index (χ0v) is 10.8. The molecule has 0 bridgehead atoms. The van der Waals surface area contributed by atoms with Gasteiger partial charge in [0.1, 0.15) is 0 Å². The summed E-state index contributed by atoms with van der Waals surface area (Å²) in [5.41, 5.74) is 0. The molecule has 0 radical (unpaired) electrons. The Morgan fingerprint density at radius 3 is 1.79 bits per heavy atom. The van der Waals surface area contributed by atoms with Crippen LogP contribution >= 0.6 is 0 Å². The number of hydrogen-bond donors (Lipinski definition) is 0. The predicted octanol–water partition coefficient (Wildman–Crippen LogP) is -0.249. The van der Waals surface area contributed by atoms with E-state index in [0.717, 1.165) is 0 Å². The van der Waals surface area contributed by atoms with Crippen molar-refractivity contribution in [3.05, 3.63) is 49.1 Å². The molecule has 2 rings (SSSR count). The zero-order valence-electron chi connectivity index (χ0n) is 7.33. The maximum atomic E-state index is 4.12. The van der Waals surface area contributed by atoms with Crippen LogP contribution in [-0.4, -0.2) is 35.2 Å². The molecule has 2 heterocycles. The van der Waals surface area contributed by atoms with Crippen LogP contribution in [-0.2, 0) is 0 Å². The van der Waals surface area contributed by atoms with E-state index in [-0.39, 0.29) is 0 Å². The molecule has 0 saturated heterocycles. The fraction of sp³-hybridized carbons (Fsp3) is 0. The third-order valence-corrected chi connectivity index (χ3v) is 8.70. The number of aromatic nitrogens is 2. The van der Waals surface area contributed by atoms with Gasteiger partial charge >= 0.3 is 93.1 Å². The van der Waals surface area contributed by atoms with Crippen LogP contribution in [0, 0.1) is 0 Å². The van der Waals surface area contributed by atoms with Gasteiger partial charge in [-0.25, -0.2) is 0 Å². The van der Waals surface area contributed by atoms with Crippen LogP contribution < -0.4 is 8.92 Å². The Morgan fingerprint density at radius 1 is 0.929 bits per heavy atom. The van der Waals surface area contributed by atoms with Gasteiger partial charge in [-0.3, -0.25) is 0 Å². The first-order chi connectivity index (χ1) is 6.88. The Balaban J connectivity index is 2.35. The van der Waals surface area contributed by atoms with Crippen molar-refractivity contribution in [3.8, 4) is 0 Å². The summed E-state index contributed by atoms with van der Waals surface area (Å²) < 4.78 is 2.58. The van der Waals surface area contributed by atoms with Gasteiger partial charge in [-0.1, -0.05) is 0 Å². The standard InChI is InChI=1S/C10H8N2Se2/c13-14(9-3-1-5-11-7-9)10-4-2-6-12-8-10/h1-8H. The van der Waals surface area contributed by atoms with Crippen molar-refractivity contribution in [1.29, 1.82) is 0 Å². The average molecular weight is 314 g/mol. The second-order valence-electron chi connectivity index (χ2n) is 2.65. The van der Waals surface area contributed by atoms with E-state index >= 15 is 0 Å². The summed E-state index contributed by atoms with van der Waals surface area (Å²) in [6.07, 6.45) is 7.44. The summed E-state index contributed by atoms with van der Waals surface area (Å²) in [5, 5.41) is 0. The Bertz CT molecular complexity index is 387. The summed E-state index contributed by atoms with van der Waals surface area (Å²) >= 11 is 2.23. The topological polar surface area (TPSA) is 25.8 Å². The third-order valence-electron chi connectivity index (χ3n) is 1.70. The van der Waals surface area contributed by atoms with Crippen LogP contribution in [0.15, 0.2) is 49.1 Å². The van der Waals surface area contributed by atoms with Gasteiger partial charge in [0.2, 0.25) is 0 Å². The molecule has 4 heteroatoms. The van der Waals surface area contributed by atoms with E-state index in [2.05, 4.69) is 35.8 Å². The molecule has 2 nitrogen and oxygen atoms in total. The molecular weight excluding hydrogens is 306 g/mol. The summed E-state index contributed by atoms with van der Waals surface area (Å²) in [5.74, 6) is 0. The molecule has 2 aromatic rings. The molecule has 14 heavy (non-hydrogen) atoms. The van der Waals surface area contributed by atoms with Gasteiger partial charge in [0.15, 0.2) is 0 Å². The van der Waals surface area contributed by atoms with Crippen molar-refractivity contribution >= 4 is 34.1 Å². The molecule has 0 aliphatic carbocycles. The van der Waals surface area contributed by atoms with Gasteiger partial charge in [0.25, 0.3) is 0 Å². The van der Waals surface area contributed by atoms with E-state index in [4.69, 9.17) is 0 Å². The number of nitrogens with zero attached hydrogens (tertiary/aromatic N) is 2. The van der Waals surface area contributed by atoms with Crippen LogP contribution in [0.1, 0.15) is 0 Å². The quantitative estimate of drug-likeness (QED) is 0.715. The molecule has 0 fully saturated rings. The molecule has 0 aliphatic heterocycles. The van der Waals surface area contributed by atoms with Crippen molar-refractivity contribution in [3.63, 3.8) is 0 Å². The predicted molar refractivity (Wildman–Crippen MR) is 59.3 cm³/mol. The maximum absolute atomic E-state index is 4.12. The van der Waals surface area contributed by atoms with Crippen molar-refractivity contribution in [2.75, 3.05) is 0 Å². The van der Waals surface area contributed by atoms with Gasteiger partial charge < -0.3 is 0 Å². The van der Waals surface area contributed by atoms with Crippen molar-refractivity contribution < 1.29 is 0 Å². The van der Waals surface area contributed by atoms with Gasteiger partial charge in [-0.05, 0) is 0 Å². The molecule has 0 saturated carbocycles. The molecule has 70 valence electrons.